The Balaban J connectivity index is 1.88. The van der Waals surface area contributed by atoms with E-state index in [1.165, 1.54) is 0 Å². The molecule has 1 heterocycles. The molecule has 1 atom stereocenters. The smallest absolute Gasteiger partial charge is 0.323 e. The van der Waals surface area contributed by atoms with Crippen LogP contribution in [0.4, 0.5) is 0 Å². The van der Waals surface area contributed by atoms with Crippen LogP contribution in [0, 0.1) is 11.3 Å². The number of fused-ring (bicyclic) bond motifs is 3. The number of esters is 1. The first kappa shape index (κ1) is 12.6. The van der Waals surface area contributed by atoms with E-state index in [9.17, 15) is 4.79 Å². The highest BCUT2D eigenvalue weighted by molar-refractivity contribution is 5.99. The summed E-state index contributed by atoms with van der Waals surface area (Å²) in [5, 5.41) is 10.9. The van der Waals surface area contributed by atoms with Gasteiger partial charge in [-0.3, -0.25) is 4.79 Å². The fourth-order valence-corrected chi connectivity index (χ4v) is 2.95. The number of hydrogen-bond acceptors (Lipinski definition) is 3. The van der Waals surface area contributed by atoms with Crippen LogP contribution in [0.1, 0.15) is 22.6 Å². The van der Waals surface area contributed by atoms with Gasteiger partial charge >= 0.3 is 5.97 Å². The van der Waals surface area contributed by atoms with E-state index in [0.717, 1.165) is 21.9 Å². The van der Waals surface area contributed by atoms with E-state index in [0.29, 0.717) is 11.3 Å². The number of carbonyl (C=O) groups is 1. The van der Waals surface area contributed by atoms with Crippen LogP contribution in [0.3, 0.4) is 0 Å². The van der Waals surface area contributed by atoms with Gasteiger partial charge in [-0.25, -0.2) is 0 Å². The zero-order chi connectivity index (χ0) is 15.1. The van der Waals surface area contributed by atoms with Crippen LogP contribution in [0.25, 0.3) is 10.8 Å². The summed E-state index contributed by atoms with van der Waals surface area (Å²) in [6.07, 6.45) is 0. The van der Waals surface area contributed by atoms with Crippen molar-refractivity contribution < 1.29 is 9.53 Å². The van der Waals surface area contributed by atoms with Crippen molar-refractivity contribution in [1.82, 2.24) is 0 Å². The Morgan fingerprint density at radius 2 is 1.73 bits per heavy atom. The highest BCUT2D eigenvalue weighted by Crippen LogP contribution is 2.43. The molecule has 0 amide bonds. The third-order valence-corrected chi connectivity index (χ3v) is 4.03. The van der Waals surface area contributed by atoms with E-state index >= 15 is 0 Å². The molecule has 0 radical (unpaired) electrons. The van der Waals surface area contributed by atoms with Crippen molar-refractivity contribution in [2.75, 3.05) is 0 Å². The van der Waals surface area contributed by atoms with Crippen LogP contribution in [-0.2, 0) is 4.79 Å². The molecule has 3 heteroatoms. The molecule has 0 aromatic heterocycles. The standard InChI is InChI=1S/C19H11NO2/c20-11-12-5-7-14(8-6-12)17-16-10-9-13-3-1-2-4-15(13)18(16)22-19(17)21/h1-10,17H/t17-/m0/s1. The normalized spacial score (nSPS) is 16.1. The lowest BCUT2D eigenvalue weighted by molar-refractivity contribution is -0.133. The number of hydrogen-bond donors (Lipinski definition) is 0. The van der Waals surface area contributed by atoms with Gasteiger partial charge in [-0.2, -0.15) is 5.26 Å². The van der Waals surface area contributed by atoms with Gasteiger partial charge in [-0.15, -0.1) is 0 Å². The van der Waals surface area contributed by atoms with Gasteiger partial charge in [0.15, 0.2) is 0 Å². The maximum atomic E-state index is 12.3. The van der Waals surface area contributed by atoms with Crippen molar-refractivity contribution in [2.24, 2.45) is 0 Å². The molecule has 0 aliphatic carbocycles. The summed E-state index contributed by atoms with van der Waals surface area (Å²) < 4.78 is 5.54. The molecule has 104 valence electrons. The van der Waals surface area contributed by atoms with Crippen LogP contribution in [0.5, 0.6) is 5.75 Å². The topological polar surface area (TPSA) is 50.1 Å². The maximum Gasteiger partial charge on any atom is 0.323 e. The summed E-state index contributed by atoms with van der Waals surface area (Å²) in [7, 11) is 0. The Bertz CT molecular complexity index is 936. The molecule has 0 N–H and O–H groups in total. The second-order valence-electron chi connectivity index (χ2n) is 5.29. The van der Waals surface area contributed by atoms with Gasteiger partial charge in [0.25, 0.3) is 0 Å². The van der Waals surface area contributed by atoms with E-state index in [4.69, 9.17) is 10.00 Å². The number of nitrogens with zero attached hydrogens (tertiary/aromatic N) is 1. The number of nitriles is 1. The lowest BCUT2D eigenvalue weighted by Crippen LogP contribution is -2.11. The van der Waals surface area contributed by atoms with Gasteiger partial charge < -0.3 is 4.74 Å². The van der Waals surface area contributed by atoms with E-state index in [2.05, 4.69) is 6.07 Å². The number of benzene rings is 3. The summed E-state index contributed by atoms with van der Waals surface area (Å²) in [5.74, 6) is -0.0409. The highest BCUT2D eigenvalue weighted by Gasteiger charge is 2.35. The third-order valence-electron chi connectivity index (χ3n) is 4.03. The molecule has 0 fully saturated rings. The van der Waals surface area contributed by atoms with E-state index in [1.54, 1.807) is 12.1 Å². The first-order chi connectivity index (χ1) is 10.8. The Morgan fingerprint density at radius 1 is 0.955 bits per heavy atom. The van der Waals surface area contributed by atoms with Crippen LogP contribution < -0.4 is 4.74 Å². The number of ether oxygens (including phenoxy) is 1. The predicted octanol–water partition coefficient (Wildman–Crippen LogP) is 3.76. The van der Waals surface area contributed by atoms with Crippen LogP contribution in [-0.4, -0.2) is 5.97 Å². The van der Waals surface area contributed by atoms with Crippen molar-refractivity contribution in [3.8, 4) is 11.8 Å². The predicted molar refractivity (Wildman–Crippen MR) is 82.6 cm³/mol. The van der Waals surface area contributed by atoms with Crippen molar-refractivity contribution in [3.05, 3.63) is 77.4 Å². The van der Waals surface area contributed by atoms with Crippen LogP contribution in [0.2, 0.25) is 0 Å². The lowest BCUT2D eigenvalue weighted by atomic mass is 9.90. The minimum atomic E-state index is -0.424. The average molecular weight is 285 g/mol. The summed E-state index contributed by atoms with van der Waals surface area (Å²) in [5.41, 5.74) is 2.31. The van der Waals surface area contributed by atoms with Gasteiger partial charge in [-0.05, 0) is 23.1 Å². The molecule has 0 spiro atoms. The molecule has 0 unspecified atom stereocenters. The molecule has 3 nitrogen and oxygen atoms in total. The average Bonchev–Trinajstić information content (AvgIpc) is 2.91. The third kappa shape index (κ3) is 1.78. The van der Waals surface area contributed by atoms with E-state index in [-0.39, 0.29) is 5.97 Å². The maximum absolute atomic E-state index is 12.3. The Kier molecular flexibility index (Phi) is 2.70. The SMILES string of the molecule is N#Cc1ccc([C@@H]2C(=O)Oc3c2ccc2ccccc32)cc1. The second-order valence-corrected chi connectivity index (χ2v) is 5.29. The first-order valence-electron chi connectivity index (χ1n) is 7.01. The van der Waals surface area contributed by atoms with Crippen molar-refractivity contribution in [1.29, 1.82) is 5.26 Å². The molecule has 4 rings (SSSR count). The number of rotatable bonds is 1. The molecule has 3 aromatic carbocycles. The largest absolute Gasteiger partial charge is 0.425 e. The van der Waals surface area contributed by atoms with Crippen molar-refractivity contribution in [2.45, 2.75) is 5.92 Å². The molecular formula is C19H11NO2. The summed E-state index contributed by atoms with van der Waals surface area (Å²) in [6, 6.07) is 21.0. The zero-order valence-corrected chi connectivity index (χ0v) is 11.6. The summed E-state index contributed by atoms with van der Waals surface area (Å²) >= 11 is 0. The zero-order valence-electron chi connectivity index (χ0n) is 11.6. The highest BCUT2D eigenvalue weighted by atomic mass is 16.5. The van der Waals surface area contributed by atoms with E-state index in [1.807, 2.05) is 48.5 Å². The van der Waals surface area contributed by atoms with Crippen LogP contribution in [0.15, 0.2) is 60.7 Å². The molecule has 0 saturated carbocycles. The van der Waals surface area contributed by atoms with Gasteiger partial charge in [0.05, 0.1) is 11.6 Å². The van der Waals surface area contributed by atoms with Crippen molar-refractivity contribution in [3.63, 3.8) is 0 Å². The molecular weight excluding hydrogens is 274 g/mol. The molecule has 22 heavy (non-hydrogen) atoms. The Hall–Kier alpha value is -3.12. The molecule has 0 saturated heterocycles. The lowest BCUT2D eigenvalue weighted by Gasteiger charge is -2.08. The second kappa shape index (κ2) is 4.71. The van der Waals surface area contributed by atoms with Gasteiger partial charge in [0.1, 0.15) is 11.7 Å². The number of carbonyl (C=O) groups excluding carboxylic acids is 1. The quantitative estimate of drug-likeness (QED) is 0.505. The minimum Gasteiger partial charge on any atom is -0.425 e. The molecule has 1 aliphatic rings. The fraction of sp³-hybridized carbons (Fsp3) is 0.0526. The van der Waals surface area contributed by atoms with Gasteiger partial charge in [0.2, 0.25) is 0 Å². The summed E-state index contributed by atoms with van der Waals surface area (Å²) in [6.45, 7) is 0. The van der Waals surface area contributed by atoms with Gasteiger partial charge in [-0.1, -0.05) is 48.5 Å². The monoisotopic (exact) mass is 285 g/mol. The molecule has 3 aromatic rings. The van der Waals surface area contributed by atoms with E-state index < -0.39 is 5.92 Å². The van der Waals surface area contributed by atoms with Crippen molar-refractivity contribution >= 4 is 16.7 Å². The Morgan fingerprint density at radius 3 is 2.50 bits per heavy atom. The molecule has 0 bridgehead atoms. The first-order valence-corrected chi connectivity index (χ1v) is 7.01. The Labute approximate surface area is 127 Å². The fourth-order valence-electron chi connectivity index (χ4n) is 2.95. The summed E-state index contributed by atoms with van der Waals surface area (Å²) in [4.78, 5) is 12.3. The molecule has 1 aliphatic heterocycles. The minimum absolute atomic E-state index is 0.268. The van der Waals surface area contributed by atoms with Gasteiger partial charge in [0, 0.05) is 10.9 Å². The van der Waals surface area contributed by atoms with Crippen LogP contribution >= 0.6 is 0 Å².